The van der Waals surface area contributed by atoms with Gasteiger partial charge in [-0.2, -0.15) is 11.8 Å². The Morgan fingerprint density at radius 1 is 1.29 bits per heavy atom. The highest BCUT2D eigenvalue weighted by Gasteiger charge is 2.14. The molecule has 2 rings (SSSR count). The quantitative estimate of drug-likeness (QED) is 0.765. The summed E-state index contributed by atoms with van der Waals surface area (Å²) in [6.07, 6.45) is 7.80. The van der Waals surface area contributed by atoms with E-state index in [9.17, 15) is 0 Å². The predicted molar refractivity (Wildman–Crippen MR) is 74.6 cm³/mol. The molecule has 0 saturated heterocycles. The van der Waals surface area contributed by atoms with E-state index < -0.39 is 0 Å². The maximum Gasteiger partial charge on any atom is 0.140 e. The number of rotatable bonds is 4. The van der Waals surface area contributed by atoms with Gasteiger partial charge in [0.2, 0.25) is 0 Å². The van der Waals surface area contributed by atoms with Gasteiger partial charge in [-0.1, -0.05) is 37.8 Å². The van der Waals surface area contributed by atoms with Gasteiger partial charge in [-0.15, -0.1) is 0 Å². The molecule has 1 aromatic heterocycles. The van der Waals surface area contributed by atoms with Gasteiger partial charge >= 0.3 is 0 Å². The molecule has 1 saturated carbocycles. The van der Waals surface area contributed by atoms with Crippen molar-refractivity contribution in [2.75, 3.05) is 0 Å². The zero-order valence-electron chi connectivity index (χ0n) is 10.3. The lowest BCUT2D eigenvalue weighted by molar-refractivity contribution is 0.516. The van der Waals surface area contributed by atoms with E-state index >= 15 is 0 Å². The van der Waals surface area contributed by atoms with Crippen molar-refractivity contribution in [3.8, 4) is 0 Å². The lowest BCUT2D eigenvalue weighted by Crippen LogP contribution is -2.09. The Labute approximate surface area is 113 Å². The molecular formula is C13H19ClN2S. The van der Waals surface area contributed by atoms with Crippen LogP contribution < -0.4 is 0 Å². The van der Waals surface area contributed by atoms with Gasteiger partial charge in [0.15, 0.2) is 0 Å². The molecule has 0 atom stereocenters. The monoisotopic (exact) mass is 270 g/mol. The summed E-state index contributed by atoms with van der Waals surface area (Å²) in [6.45, 7) is 2.09. The summed E-state index contributed by atoms with van der Waals surface area (Å²) in [5, 5.41) is 1.38. The highest BCUT2D eigenvalue weighted by molar-refractivity contribution is 7.99. The van der Waals surface area contributed by atoms with Gasteiger partial charge in [-0.3, -0.25) is 0 Å². The summed E-state index contributed by atoms with van der Waals surface area (Å²) >= 11 is 7.98. The third kappa shape index (κ3) is 4.14. The van der Waals surface area contributed by atoms with Crippen LogP contribution in [0.15, 0.2) is 6.07 Å². The average Bonchev–Trinajstić information content (AvgIpc) is 2.37. The molecule has 1 heterocycles. The average molecular weight is 271 g/mol. The SMILES string of the molecule is CCc1cc(Cl)nc(CSC2CCCCC2)n1. The normalized spacial score (nSPS) is 17.3. The van der Waals surface area contributed by atoms with Gasteiger partial charge in [0.05, 0.1) is 5.75 Å². The second-order valence-electron chi connectivity index (χ2n) is 4.52. The topological polar surface area (TPSA) is 25.8 Å². The highest BCUT2D eigenvalue weighted by Crippen LogP contribution is 2.30. The molecule has 1 aliphatic carbocycles. The molecule has 17 heavy (non-hydrogen) atoms. The number of aryl methyl sites for hydroxylation is 1. The summed E-state index contributed by atoms with van der Waals surface area (Å²) < 4.78 is 0. The Kier molecular flexibility index (Phi) is 5.11. The van der Waals surface area contributed by atoms with E-state index in [1.165, 1.54) is 32.1 Å². The first-order valence-corrected chi connectivity index (χ1v) is 7.84. The minimum atomic E-state index is 0.580. The minimum absolute atomic E-state index is 0.580. The molecule has 0 radical (unpaired) electrons. The second kappa shape index (κ2) is 6.60. The van der Waals surface area contributed by atoms with Crippen LogP contribution in [0.2, 0.25) is 5.15 Å². The third-order valence-corrected chi connectivity index (χ3v) is 4.72. The number of hydrogen-bond donors (Lipinski definition) is 0. The number of hydrogen-bond acceptors (Lipinski definition) is 3. The van der Waals surface area contributed by atoms with E-state index in [-0.39, 0.29) is 0 Å². The predicted octanol–water partition coefficient (Wildman–Crippen LogP) is 4.26. The summed E-state index contributed by atoms with van der Waals surface area (Å²) in [6, 6.07) is 1.86. The lowest BCUT2D eigenvalue weighted by atomic mass is 10.0. The highest BCUT2D eigenvalue weighted by atomic mass is 35.5. The van der Waals surface area contributed by atoms with Crippen molar-refractivity contribution in [3.63, 3.8) is 0 Å². The van der Waals surface area contributed by atoms with Crippen molar-refractivity contribution in [1.82, 2.24) is 9.97 Å². The van der Waals surface area contributed by atoms with Crippen LogP contribution in [0, 0.1) is 0 Å². The molecule has 0 amide bonds. The second-order valence-corrected chi connectivity index (χ2v) is 6.20. The van der Waals surface area contributed by atoms with Gasteiger partial charge in [-0.25, -0.2) is 9.97 Å². The number of nitrogens with zero attached hydrogens (tertiary/aromatic N) is 2. The van der Waals surface area contributed by atoms with E-state index in [1.807, 2.05) is 17.8 Å². The van der Waals surface area contributed by atoms with Crippen LogP contribution in [-0.4, -0.2) is 15.2 Å². The summed E-state index contributed by atoms with van der Waals surface area (Å²) in [4.78, 5) is 8.82. The molecule has 2 nitrogen and oxygen atoms in total. The van der Waals surface area contributed by atoms with Gasteiger partial charge < -0.3 is 0 Å². The Morgan fingerprint density at radius 2 is 2.06 bits per heavy atom. The maximum atomic E-state index is 5.99. The number of aromatic nitrogens is 2. The number of halogens is 1. The standard InChI is InChI=1S/C13H19ClN2S/c1-2-10-8-12(14)16-13(15-10)9-17-11-6-4-3-5-7-11/h8,11H,2-7,9H2,1H3. The van der Waals surface area contributed by atoms with Gasteiger partial charge in [-0.05, 0) is 25.3 Å². The smallest absolute Gasteiger partial charge is 0.140 e. The minimum Gasteiger partial charge on any atom is -0.237 e. The van der Waals surface area contributed by atoms with Crippen LogP contribution in [0.4, 0.5) is 0 Å². The summed E-state index contributed by atoms with van der Waals surface area (Å²) in [7, 11) is 0. The van der Waals surface area contributed by atoms with Crippen molar-refractivity contribution in [2.45, 2.75) is 56.5 Å². The van der Waals surface area contributed by atoms with E-state index in [1.54, 1.807) is 0 Å². The molecule has 4 heteroatoms. The third-order valence-electron chi connectivity index (χ3n) is 3.16. The molecule has 0 aliphatic heterocycles. The molecular weight excluding hydrogens is 252 g/mol. The Hall–Kier alpha value is -0.280. The molecule has 94 valence electrons. The molecule has 0 spiro atoms. The van der Waals surface area contributed by atoms with Crippen LogP contribution in [-0.2, 0) is 12.2 Å². The zero-order valence-corrected chi connectivity index (χ0v) is 11.9. The van der Waals surface area contributed by atoms with E-state index in [2.05, 4.69) is 16.9 Å². The van der Waals surface area contributed by atoms with Gasteiger partial charge in [0.25, 0.3) is 0 Å². The largest absolute Gasteiger partial charge is 0.237 e. The molecule has 0 bridgehead atoms. The first-order valence-electron chi connectivity index (χ1n) is 6.42. The van der Waals surface area contributed by atoms with Crippen LogP contribution in [0.5, 0.6) is 0 Å². The first-order chi connectivity index (χ1) is 8.28. The van der Waals surface area contributed by atoms with Crippen molar-refractivity contribution >= 4 is 23.4 Å². The molecule has 1 aromatic rings. The van der Waals surface area contributed by atoms with Crippen LogP contribution >= 0.6 is 23.4 Å². The fourth-order valence-corrected chi connectivity index (χ4v) is 3.59. The number of thioether (sulfide) groups is 1. The van der Waals surface area contributed by atoms with Crippen molar-refractivity contribution in [3.05, 3.63) is 22.7 Å². The van der Waals surface area contributed by atoms with Crippen molar-refractivity contribution in [1.29, 1.82) is 0 Å². The van der Waals surface area contributed by atoms with E-state index in [4.69, 9.17) is 11.6 Å². The van der Waals surface area contributed by atoms with Crippen molar-refractivity contribution < 1.29 is 0 Å². The van der Waals surface area contributed by atoms with Gasteiger partial charge in [0.1, 0.15) is 11.0 Å². The maximum absolute atomic E-state index is 5.99. The van der Waals surface area contributed by atoms with Crippen LogP contribution in [0.3, 0.4) is 0 Å². The molecule has 0 unspecified atom stereocenters. The van der Waals surface area contributed by atoms with E-state index in [0.29, 0.717) is 5.15 Å². The van der Waals surface area contributed by atoms with Crippen molar-refractivity contribution in [2.24, 2.45) is 0 Å². The zero-order chi connectivity index (χ0) is 12.1. The fraction of sp³-hybridized carbons (Fsp3) is 0.692. The molecule has 1 fully saturated rings. The Morgan fingerprint density at radius 3 is 2.76 bits per heavy atom. The Bertz CT molecular complexity index is 364. The van der Waals surface area contributed by atoms with Crippen LogP contribution in [0.25, 0.3) is 0 Å². The molecule has 0 N–H and O–H groups in total. The summed E-state index contributed by atoms with van der Waals surface area (Å²) in [5.41, 5.74) is 1.05. The molecule has 1 aliphatic rings. The Balaban J connectivity index is 1.91. The molecule has 0 aromatic carbocycles. The van der Waals surface area contributed by atoms with Crippen LogP contribution in [0.1, 0.15) is 50.5 Å². The first kappa shape index (κ1) is 13.2. The van der Waals surface area contributed by atoms with E-state index in [0.717, 1.165) is 28.9 Å². The lowest BCUT2D eigenvalue weighted by Gasteiger charge is -2.20. The fourth-order valence-electron chi connectivity index (χ4n) is 2.19. The van der Waals surface area contributed by atoms with Gasteiger partial charge in [0, 0.05) is 10.9 Å². The summed E-state index contributed by atoms with van der Waals surface area (Å²) in [5.74, 6) is 1.79.